The van der Waals surface area contributed by atoms with Crippen molar-refractivity contribution in [2.45, 2.75) is 31.7 Å². The molecule has 1 aliphatic heterocycles. The average Bonchev–Trinajstić information content (AvgIpc) is 2.24. The molecule has 16 heavy (non-hydrogen) atoms. The van der Waals surface area contributed by atoms with Crippen LogP contribution in [0.1, 0.15) is 25.7 Å². The molecule has 1 rings (SSSR count). The van der Waals surface area contributed by atoms with Crippen LogP contribution >= 0.6 is 11.8 Å². The van der Waals surface area contributed by atoms with Crippen LogP contribution in [0, 0.1) is 5.92 Å². The Morgan fingerprint density at radius 1 is 1.44 bits per heavy atom. The van der Waals surface area contributed by atoms with E-state index in [9.17, 15) is 8.42 Å². The van der Waals surface area contributed by atoms with Crippen molar-refractivity contribution in [2.75, 3.05) is 23.5 Å². The van der Waals surface area contributed by atoms with E-state index >= 15 is 0 Å². The van der Waals surface area contributed by atoms with Crippen LogP contribution in [0.5, 0.6) is 0 Å². The fourth-order valence-electron chi connectivity index (χ4n) is 2.01. The molecular weight excluding hydrogens is 244 g/mol. The Morgan fingerprint density at radius 3 is 2.56 bits per heavy atom. The largest absolute Gasteiger partial charge is 0.271 e. The quantitative estimate of drug-likeness (QED) is 0.549. The zero-order valence-electron chi connectivity index (χ0n) is 9.81. The lowest BCUT2D eigenvalue weighted by Gasteiger charge is -2.25. The second kappa shape index (κ2) is 6.83. The number of hydrogen-bond donors (Lipinski definition) is 2. The molecule has 1 aliphatic rings. The predicted octanol–water partition coefficient (Wildman–Crippen LogP) is 0.786. The Hall–Kier alpha value is 0.220. The Balaban J connectivity index is 2.30. The lowest BCUT2D eigenvalue weighted by atomic mass is 9.93. The van der Waals surface area contributed by atoms with E-state index in [0.717, 1.165) is 6.42 Å². The molecule has 1 saturated heterocycles. The summed E-state index contributed by atoms with van der Waals surface area (Å²) in [4.78, 5) is 0. The van der Waals surface area contributed by atoms with E-state index in [1.807, 2.05) is 11.8 Å². The van der Waals surface area contributed by atoms with Crippen LogP contribution in [0.25, 0.3) is 0 Å². The number of sulfone groups is 1. The Labute approximate surface area is 103 Å². The SMILES string of the molecule is CS(=O)(=O)CCC(CC1CCSCC1)NN. The van der Waals surface area contributed by atoms with Gasteiger partial charge in [-0.2, -0.15) is 11.8 Å². The molecule has 6 heteroatoms. The molecule has 0 aliphatic carbocycles. The highest BCUT2D eigenvalue weighted by molar-refractivity contribution is 7.99. The second-order valence-electron chi connectivity index (χ2n) is 4.57. The molecule has 1 unspecified atom stereocenters. The number of nitrogens with two attached hydrogens (primary N) is 1. The summed E-state index contributed by atoms with van der Waals surface area (Å²) in [6.07, 6.45) is 5.38. The average molecular weight is 266 g/mol. The van der Waals surface area contributed by atoms with Crippen LogP contribution in [0.3, 0.4) is 0 Å². The van der Waals surface area contributed by atoms with Gasteiger partial charge in [-0.05, 0) is 43.1 Å². The molecule has 0 spiro atoms. The van der Waals surface area contributed by atoms with Crippen molar-refractivity contribution in [1.29, 1.82) is 0 Å². The van der Waals surface area contributed by atoms with Crippen molar-refractivity contribution < 1.29 is 8.42 Å². The molecule has 0 aromatic rings. The van der Waals surface area contributed by atoms with E-state index in [1.165, 1.54) is 30.6 Å². The molecule has 1 atom stereocenters. The third-order valence-corrected chi connectivity index (χ3v) is 5.06. The van der Waals surface area contributed by atoms with Crippen molar-refractivity contribution in [3.8, 4) is 0 Å². The molecule has 0 saturated carbocycles. The summed E-state index contributed by atoms with van der Waals surface area (Å²) in [6.45, 7) is 0. The molecule has 96 valence electrons. The summed E-state index contributed by atoms with van der Waals surface area (Å²) in [5, 5.41) is 0. The first-order valence-corrected chi connectivity index (χ1v) is 8.94. The molecule has 0 radical (unpaired) electrons. The summed E-state index contributed by atoms with van der Waals surface area (Å²) >= 11 is 2.00. The number of hydrogen-bond acceptors (Lipinski definition) is 5. The Bertz CT molecular complexity index is 287. The maximum atomic E-state index is 11.1. The fourth-order valence-corrected chi connectivity index (χ4v) is 3.93. The molecule has 0 aromatic heterocycles. The fraction of sp³-hybridized carbons (Fsp3) is 1.00. The van der Waals surface area contributed by atoms with E-state index in [2.05, 4.69) is 5.43 Å². The minimum Gasteiger partial charge on any atom is -0.271 e. The highest BCUT2D eigenvalue weighted by Gasteiger charge is 2.19. The summed E-state index contributed by atoms with van der Waals surface area (Å²) < 4.78 is 22.1. The third-order valence-electron chi connectivity index (χ3n) is 3.03. The van der Waals surface area contributed by atoms with Gasteiger partial charge in [0, 0.05) is 12.3 Å². The normalized spacial score (nSPS) is 20.9. The van der Waals surface area contributed by atoms with Crippen molar-refractivity contribution in [3.63, 3.8) is 0 Å². The topological polar surface area (TPSA) is 72.2 Å². The lowest BCUT2D eigenvalue weighted by molar-refractivity contribution is 0.361. The first-order chi connectivity index (χ1) is 7.51. The van der Waals surface area contributed by atoms with Crippen LogP contribution in [-0.4, -0.2) is 38.0 Å². The van der Waals surface area contributed by atoms with Gasteiger partial charge < -0.3 is 0 Å². The second-order valence-corrected chi connectivity index (χ2v) is 8.06. The minimum absolute atomic E-state index is 0.142. The smallest absolute Gasteiger partial charge is 0.147 e. The predicted molar refractivity (Wildman–Crippen MR) is 70.1 cm³/mol. The molecule has 0 bridgehead atoms. The van der Waals surface area contributed by atoms with Gasteiger partial charge in [0.2, 0.25) is 0 Å². The van der Waals surface area contributed by atoms with Crippen LogP contribution < -0.4 is 11.3 Å². The monoisotopic (exact) mass is 266 g/mol. The molecule has 3 N–H and O–H groups in total. The zero-order valence-corrected chi connectivity index (χ0v) is 11.4. The summed E-state index contributed by atoms with van der Waals surface area (Å²) in [7, 11) is -2.87. The van der Waals surface area contributed by atoms with Gasteiger partial charge in [-0.1, -0.05) is 0 Å². The van der Waals surface area contributed by atoms with Gasteiger partial charge in [-0.15, -0.1) is 0 Å². The standard InChI is InChI=1S/C10H22N2O2S2/c1-16(13,14)7-4-10(12-11)8-9-2-5-15-6-3-9/h9-10,12H,2-8,11H2,1H3. The Morgan fingerprint density at radius 2 is 2.06 bits per heavy atom. The van der Waals surface area contributed by atoms with Gasteiger partial charge in [0.15, 0.2) is 0 Å². The van der Waals surface area contributed by atoms with E-state index < -0.39 is 9.84 Å². The van der Waals surface area contributed by atoms with Crippen LogP contribution in [-0.2, 0) is 9.84 Å². The maximum Gasteiger partial charge on any atom is 0.147 e. The summed E-state index contributed by atoms with van der Waals surface area (Å²) in [5.41, 5.74) is 2.75. The van der Waals surface area contributed by atoms with Gasteiger partial charge in [-0.25, -0.2) is 8.42 Å². The van der Waals surface area contributed by atoms with E-state index in [1.54, 1.807) is 0 Å². The van der Waals surface area contributed by atoms with Gasteiger partial charge in [-0.3, -0.25) is 11.3 Å². The maximum absolute atomic E-state index is 11.1. The van der Waals surface area contributed by atoms with Crippen molar-refractivity contribution in [2.24, 2.45) is 11.8 Å². The molecule has 0 amide bonds. The van der Waals surface area contributed by atoms with E-state index in [-0.39, 0.29) is 11.8 Å². The zero-order chi connectivity index (χ0) is 12.0. The molecule has 4 nitrogen and oxygen atoms in total. The summed E-state index contributed by atoms with van der Waals surface area (Å²) in [6, 6.07) is 0.142. The molecule has 1 heterocycles. The minimum atomic E-state index is -2.87. The number of nitrogens with one attached hydrogen (secondary N) is 1. The Kier molecular flexibility index (Phi) is 6.10. The first-order valence-electron chi connectivity index (χ1n) is 5.73. The van der Waals surface area contributed by atoms with Crippen molar-refractivity contribution in [3.05, 3.63) is 0 Å². The highest BCUT2D eigenvalue weighted by atomic mass is 32.2. The van der Waals surface area contributed by atoms with E-state index in [4.69, 9.17) is 5.84 Å². The number of thioether (sulfide) groups is 1. The molecule has 0 aromatic carbocycles. The van der Waals surface area contributed by atoms with Crippen LogP contribution in [0.4, 0.5) is 0 Å². The number of hydrazine groups is 1. The van der Waals surface area contributed by atoms with Crippen molar-refractivity contribution in [1.82, 2.24) is 5.43 Å². The van der Waals surface area contributed by atoms with Crippen molar-refractivity contribution >= 4 is 21.6 Å². The van der Waals surface area contributed by atoms with Crippen LogP contribution in [0.2, 0.25) is 0 Å². The number of rotatable bonds is 6. The highest BCUT2D eigenvalue weighted by Crippen LogP contribution is 2.26. The summed E-state index contributed by atoms with van der Waals surface area (Å²) in [5.74, 6) is 8.87. The van der Waals surface area contributed by atoms with Gasteiger partial charge >= 0.3 is 0 Å². The molecule has 1 fully saturated rings. The van der Waals surface area contributed by atoms with Crippen LogP contribution in [0.15, 0.2) is 0 Å². The third kappa shape index (κ3) is 6.08. The van der Waals surface area contributed by atoms with Gasteiger partial charge in [0.1, 0.15) is 9.84 Å². The van der Waals surface area contributed by atoms with E-state index in [0.29, 0.717) is 12.3 Å². The molecular formula is C10H22N2O2S2. The van der Waals surface area contributed by atoms with Gasteiger partial charge in [0.05, 0.1) is 5.75 Å². The van der Waals surface area contributed by atoms with Gasteiger partial charge in [0.25, 0.3) is 0 Å². The first kappa shape index (κ1) is 14.3. The lowest BCUT2D eigenvalue weighted by Crippen LogP contribution is -2.38.